The molecular weight excluding hydrogens is 464 g/mol. The molecule has 36 heavy (non-hydrogen) atoms. The number of hydrogen-bond acceptors (Lipinski definition) is 10. The van der Waals surface area contributed by atoms with Crippen molar-refractivity contribution in [3.8, 4) is 0 Å². The molecule has 2 fully saturated rings. The van der Waals surface area contributed by atoms with E-state index in [0.29, 0.717) is 48.5 Å². The quantitative estimate of drug-likeness (QED) is 0.385. The molecule has 1 saturated carbocycles. The zero-order valence-electron chi connectivity index (χ0n) is 22.4. The Morgan fingerprint density at radius 3 is 2.56 bits per heavy atom. The van der Waals surface area contributed by atoms with E-state index in [0.717, 1.165) is 6.54 Å². The first-order chi connectivity index (χ1) is 17.0. The summed E-state index contributed by atoms with van der Waals surface area (Å²) in [5.41, 5.74) is 7.14. The third-order valence-electron chi connectivity index (χ3n) is 6.51. The van der Waals surface area contributed by atoms with Gasteiger partial charge in [-0.3, -0.25) is 14.3 Å². The van der Waals surface area contributed by atoms with E-state index in [2.05, 4.69) is 38.4 Å². The molecule has 2 aromatic rings. The second-order valence-corrected chi connectivity index (χ2v) is 10.1. The highest BCUT2D eigenvalue weighted by Gasteiger charge is 2.42. The molecule has 2 aliphatic rings. The van der Waals surface area contributed by atoms with Gasteiger partial charge in [0.05, 0.1) is 25.1 Å². The van der Waals surface area contributed by atoms with Gasteiger partial charge in [-0.1, -0.05) is 13.3 Å². The molecular formula is C25H42N6O5. The van der Waals surface area contributed by atoms with Gasteiger partial charge in [-0.15, -0.1) is 0 Å². The Balaban J connectivity index is 0.000000454. The molecule has 0 bridgehead atoms. The third kappa shape index (κ3) is 7.12. The van der Waals surface area contributed by atoms with Crippen LogP contribution in [0.5, 0.6) is 0 Å². The van der Waals surface area contributed by atoms with Crippen molar-refractivity contribution in [2.24, 2.45) is 0 Å². The second-order valence-electron chi connectivity index (χ2n) is 10.1. The van der Waals surface area contributed by atoms with Crippen molar-refractivity contribution in [1.82, 2.24) is 24.4 Å². The van der Waals surface area contributed by atoms with Crippen LogP contribution >= 0.6 is 0 Å². The maximum atomic E-state index is 10.3. The molecule has 4 rings (SSSR count). The molecule has 1 aliphatic heterocycles. The van der Waals surface area contributed by atoms with Gasteiger partial charge in [0.1, 0.15) is 18.1 Å². The predicted octanol–water partition coefficient (Wildman–Crippen LogP) is 3.03. The van der Waals surface area contributed by atoms with Crippen molar-refractivity contribution in [2.75, 3.05) is 18.9 Å². The van der Waals surface area contributed by atoms with Gasteiger partial charge in [0.15, 0.2) is 17.3 Å². The normalized spacial score (nSPS) is 22.5. The minimum absolute atomic E-state index is 0.123. The van der Waals surface area contributed by atoms with Gasteiger partial charge in [-0.2, -0.15) is 0 Å². The molecule has 0 spiro atoms. The van der Waals surface area contributed by atoms with Crippen LogP contribution in [0.15, 0.2) is 12.7 Å². The molecule has 3 atom stereocenters. The number of hydrogen-bond donors (Lipinski definition) is 2. The van der Waals surface area contributed by atoms with Crippen LogP contribution in [0.25, 0.3) is 11.2 Å². The average molecular weight is 507 g/mol. The number of ether oxygens (including phenoxy) is 3. The molecule has 1 aliphatic carbocycles. The van der Waals surface area contributed by atoms with E-state index in [4.69, 9.17) is 15.2 Å². The van der Waals surface area contributed by atoms with Crippen molar-refractivity contribution in [1.29, 1.82) is 0 Å². The third-order valence-corrected chi connectivity index (χ3v) is 6.51. The number of fused-ring (bicyclic) bond motifs is 1. The number of nitrogens with zero attached hydrogens (tertiary/aromatic N) is 5. The van der Waals surface area contributed by atoms with Crippen molar-refractivity contribution < 1.29 is 24.1 Å². The van der Waals surface area contributed by atoms with Crippen LogP contribution in [-0.4, -0.2) is 78.7 Å². The summed E-state index contributed by atoms with van der Waals surface area (Å²) in [4.78, 5) is 25.4. The minimum Gasteiger partial charge on any atom is -0.466 e. The molecule has 1 saturated heterocycles. The molecule has 0 amide bonds. The lowest BCUT2D eigenvalue weighted by atomic mass is 9.90. The van der Waals surface area contributed by atoms with Crippen LogP contribution in [-0.2, 0) is 19.0 Å². The van der Waals surface area contributed by atoms with E-state index in [1.807, 2.05) is 4.57 Å². The van der Waals surface area contributed by atoms with Gasteiger partial charge in [0.25, 0.3) is 0 Å². The van der Waals surface area contributed by atoms with Gasteiger partial charge in [0.2, 0.25) is 0 Å². The standard InChI is InChI=1S/C20H32N6O3.C5H10O2/c1-12(2)25(13-6-5-7-13)9-15-14(29-20(3,4)27)8-16(28-15)26-11-24-17-18(21)22-10-23-19(17)26;1-3-5(6)7-4-2/h10-16,27H,5-9H2,1-4H3,(H2,21,22,23);3-4H2,1-2H3/t14-,15?,16?;/m0./s1. The van der Waals surface area contributed by atoms with E-state index in [9.17, 15) is 9.90 Å². The van der Waals surface area contributed by atoms with E-state index < -0.39 is 5.79 Å². The van der Waals surface area contributed by atoms with Crippen molar-refractivity contribution in [3.63, 3.8) is 0 Å². The molecule has 0 aromatic carbocycles. The number of nitrogen functional groups attached to an aromatic ring is 1. The zero-order valence-corrected chi connectivity index (χ0v) is 22.4. The summed E-state index contributed by atoms with van der Waals surface area (Å²) in [6, 6.07) is 1.02. The highest BCUT2D eigenvalue weighted by Crippen LogP contribution is 2.36. The monoisotopic (exact) mass is 506 g/mol. The van der Waals surface area contributed by atoms with Crippen LogP contribution in [0.3, 0.4) is 0 Å². The summed E-state index contributed by atoms with van der Waals surface area (Å²) in [5, 5.41) is 10.3. The lowest BCUT2D eigenvalue weighted by Crippen LogP contribution is -2.50. The van der Waals surface area contributed by atoms with Crippen LogP contribution in [0, 0.1) is 0 Å². The van der Waals surface area contributed by atoms with E-state index in [1.54, 1.807) is 34.0 Å². The van der Waals surface area contributed by atoms with Crippen LogP contribution in [0.1, 0.15) is 79.9 Å². The van der Waals surface area contributed by atoms with E-state index in [1.165, 1.54) is 25.6 Å². The van der Waals surface area contributed by atoms with Crippen LogP contribution in [0.2, 0.25) is 0 Å². The lowest BCUT2D eigenvalue weighted by molar-refractivity contribution is -0.216. The van der Waals surface area contributed by atoms with Crippen molar-refractivity contribution in [2.45, 2.75) is 110 Å². The van der Waals surface area contributed by atoms with E-state index in [-0.39, 0.29) is 24.4 Å². The number of aliphatic hydroxyl groups is 1. The molecule has 11 nitrogen and oxygen atoms in total. The average Bonchev–Trinajstić information content (AvgIpc) is 3.36. The maximum Gasteiger partial charge on any atom is 0.305 e. The largest absolute Gasteiger partial charge is 0.466 e. The second kappa shape index (κ2) is 12.3. The summed E-state index contributed by atoms with van der Waals surface area (Å²) in [6.45, 7) is 12.6. The maximum absolute atomic E-state index is 10.3. The highest BCUT2D eigenvalue weighted by atomic mass is 16.6. The van der Waals surface area contributed by atoms with Crippen LogP contribution < -0.4 is 5.73 Å². The topological polar surface area (TPSA) is 138 Å². The van der Waals surface area contributed by atoms with Gasteiger partial charge in [-0.05, 0) is 47.5 Å². The van der Waals surface area contributed by atoms with Gasteiger partial charge in [-0.25, -0.2) is 15.0 Å². The van der Waals surface area contributed by atoms with Gasteiger partial charge >= 0.3 is 5.97 Å². The summed E-state index contributed by atoms with van der Waals surface area (Å²) in [5.74, 6) is -1.00. The fourth-order valence-corrected chi connectivity index (χ4v) is 4.58. The Bertz CT molecular complexity index is 987. The first kappa shape index (κ1) is 28.2. The number of imidazole rings is 1. The number of rotatable bonds is 9. The first-order valence-electron chi connectivity index (χ1n) is 12.9. The van der Waals surface area contributed by atoms with Gasteiger partial charge in [0, 0.05) is 31.5 Å². The zero-order chi connectivity index (χ0) is 26.5. The Morgan fingerprint density at radius 2 is 2.03 bits per heavy atom. The van der Waals surface area contributed by atoms with Crippen molar-refractivity contribution in [3.05, 3.63) is 12.7 Å². The molecule has 11 heteroatoms. The number of carbonyl (C=O) groups is 1. The molecule has 0 radical (unpaired) electrons. The summed E-state index contributed by atoms with van der Waals surface area (Å²) >= 11 is 0. The number of carbonyl (C=O) groups excluding carboxylic acids is 1. The Labute approximate surface area is 213 Å². The molecule has 3 N–H and O–H groups in total. The van der Waals surface area contributed by atoms with Crippen LogP contribution in [0.4, 0.5) is 5.82 Å². The van der Waals surface area contributed by atoms with Gasteiger partial charge < -0.3 is 25.1 Å². The van der Waals surface area contributed by atoms with Crippen molar-refractivity contribution >= 4 is 23.0 Å². The first-order valence-corrected chi connectivity index (χ1v) is 12.9. The SMILES string of the molecule is CC(C)N(CC1OC(n2cnc3c(N)ncnc32)C[C@@H]1OC(C)(C)O)C1CCC1.CCOC(=O)CC. The molecule has 2 unspecified atom stereocenters. The fraction of sp³-hybridized carbons (Fsp3) is 0.760. The number of esters is 1. The smallest absolute Gasteiger partial charge is 0.305 e. The lowest BCUT2D eigenvalue weighted by Gasteiger charge is -2.42. The predicted molar refractivity (Wildman–Crippen MR) is 136 cm³/mol. The Kier molecular flexibility index (Phi) is 9.62. The minimum atomic E-state index is -1.23. The fourth-order valence-electron chi connectivity index (χ4n) is 4.58. The molecule has 3 heterocycles. The number of aromatic nitrogens is 4. The Hall–Kier alpha value is -2.34. The summed E-state index contributed by atoms with van der Waals surface area (Å²) in [6.07, 6.45) is 7.26. The Morgan fingerprint density at radius 1 is 1.31 bits per heavy atom. The highest BCUT2D eigenvalue weighted by molar-refractivity contribution is 5.81. The number of anilines is 1. The van der Waals surface area contributed by atoms with E-state index >= 15 is 0 Å². The number of nitrogens with two attached hydrogens (primary N) is 1. The molecule has 2 aromatic heterocycles. The molecule has 202 valence electrons. The summed E-state index contributed by atoms with van der Waals surface area (Å²) < 4.78 is 18.9. The summed E-state index contributed by atoms with van der Waals surface area (Å²) in [7, 11) is 0.